The van der Waals surface area contributed by atoms with Crippen LogP contribution >= 0.6 is 0 Å². The quantitative estimate of drug-likeness (QED) is 0.0877. The number of hydrogen-bond acceptors (Lipinski definition) is 12. The van der Waals surface area contributed by atoms with E-state index in [-0.39, 0.29) is 45.6 Å². The molecule has 0 saturated carbocycles. The van der Waals surface area contributed by atoms with Crippen molar-refractivity contribution in [3.8, 4) is 34.3 Å². The Bertz CT molecular complexity index is 2350. The maximum absolute atomic E-state index is 12.5. The molecule has 0 aliphatic heterocycles. The molecule has 0 spiro atoms. The molecule has 0 amide bonds. The summed E-state index contributed by atoms with van der Waals surface area (Å²) < 4.78 is 72.9. The third-order valence-electron chi connectivity index (χ3n) is 7.32. The molecule has 2 aromatic heterocycles. The molecule has 2 heterocycles. The van der Waals surface area contributed by atoms with E-state index >= 15 is 0 Å². The van der Waals surface area contributed by atoms with E-state index < -0.39 is 30.0 Å². The molecule has 254 valence electrons. The van der Waals surface area contributed by atoms with Gasteiger partial charge in [-0.05, 0) is 62.4 Å². The number of rotatable bonds is 9. The standard InChI is InChI=1S/C32H26N8O8S2/c1-19-29(31(41)39(37-19)23-9-5-3-6-10-23)35-33-21-13-15-25(27(17-21)49(43,44)45)26-16-14-22(18-28(26)50(46,47)48)34-36-30-20(2)38-40(32(30)42)24-11-7-4-8-12-24/h3-18,41-42H,1-2H3,(H,43,44,45)(H,46,47,48). The lowest BCUT2D eigenvalue weighted by Gasteiger charge is -2.12. The second kappa shape index (κ2) is 13.1. The molecule has 0 bridgehead atoms. The van der Waals surface area contributed by atoms with Crippen molar-refractivity contribution in [1.82, 2.24) is 19.6 Å². The Kier molecular flexibility index (Phi) is 8.85. The predicted molar refractivity (Wildman–Crippen MR) is 180 cm³/mol. The predicted octanol–water partition coefficient (Wildman–Crippen LogP) is 7.08. The van der Waals surface area contributed by atoms with Gasteiger partial charge in [0.15, 0.2) is 11.4 Å². The van der Waals surface area contributed by atoms with E-state index in [1.165, 1.54) is 33.6 Å². The lowest BCUT2D eigenvalue weighted by atomic mass is 10.0. The molecular formula is C32H26N8O8S2. The van der Waals surface area contributed by atoms with Crippen molar-refractivity contribution in [2.45, 2.75) is 23.6 Å². The fourth-order valence-corrected chi connectivity index (χ4v) is 6.43. The maximum Gasteiger partial charge on any atom is 0.295 e. The first kappa shape index (κ1) is 33.8. The highest BCUT2D eigenvalue weighted by Gasteiger charge is 2.25. The highest BCUT2D eigenvalue weighted by molar-refractivity contribution is 7.86. The van der Waals surface area contributed by atoms with E-state index in [0.29, 0.717) is 22.8 Å². The smallest absolute Gasteiger partial charge is 0.295 e. The van der Waals surface area contributed by atoms with Gasteiger partial charge in [-0.15, -0.1) is 10.2 Å². The fourth-order valence-electron chi connectivity index (χ4n) is 4.98. The van der Waals surface area contributed by atoms with E-state index in [0.717, 1.165) is 12.1 Å². The highest BCUT2D eigenvalue weighted by Crippen LogP contribution is 2.39. The molecule has 0 saturated heterocycles. The Balaban J connectivity index is 1.36. The second-order valence-corrected chi connectivity index (χ2v) is 13.5. The Morgan fingerprint density at radius 3 is 1.24 bits per heavy atom. The van der Waals surface area contributed by atoms with Crippen molar-refractivity contribution in [1.29, 1.82) is 0 Å². The molecule has 16 nitrogen and oxygen atoms in total. The molecule has 0 atom stereocenters. The summed E-state index contributed by atoms with van der Waals surface area (Å²) in [7, 11) is -10.0. The number of para-hydroxylation sites is 2. The summed E-state index contributed by atoms with van der Waals surface area (Å²) in [5.41, 5.74) is 0.979. The van der Waals surface area contributed by atoms with Gasteiger partial charge in [-0.2, -0.15) is 46.6 Å². The van der Waals surface area contributed by atoms with Crippen LogP contribution in [0.15, 0.2) is 127 Å². The first-order valence-corrected chi connectivity index (χ1v) is 17.4. The van der Waals surface area contributed by atoms with Crippen LogP contribution in [0.5, 0.6) is 11.8 Å². The largest absolute Gasteiger partial charge is 0.492 e. The lowest BCUT2D eigenvalue weighted by molar-refractivity contribution is 0.434. The summed E-state index contributed by atoms with van der Waals surface area (Å²) in [6.45, 7) is 3.17. The zero-order chi connectivity index (χ0) is 35.8. The number of aromatic hydroxyl groups is 2. The number of hydrogen-bond donors (Lipinski definition) is 4. The zero-order valence-corrected chi connectivity index (χ0v) is 27.7. The van der Waals surface area contributed by atoms with Gasteiger partial charge in [0.25, 0.3) is 20.2 Å². The van der Waals surface area contributed by atoms with Crippen LogP contribution in [0.4, 0.5) is 22.7 Å². The molecule has 0 unspecified atom stereocenters. The monoisotopic (exact) mass is 714 g/mol. The van der Waals surface area contributed by atoms with Gasteiger partial charge in [-0.25, -0.2) is 0 Å². The molecule has 50 heavy (non-hydrogen) atoms. The van der Waals surface area contributed by atoms with Crippen LogP contribution in [-0.4, -0.2) is 55.7 Å². The Morgan fingerprint density at radius 1 is 0.540 bits per heavy atom. The van der Waals surface area contributed by atoms with Crippen molar-refractivity contribution in [2.24, 2.45) is 20.5 Å². The van der Waals surface area contributed by atoms with Crippen molar-refractivity contribution >= 4 is 43.0 Å². The average Bonchev–Trinajstić information content (AvgIpc) is 3.54. The van der Waals surface area contributed by atoms with Crippen LogP contribution in [0.3, 0.4) is 0 Å². The van der Waals surface area contributed by atoms with Gasteiger partial charge in [0.1, 0.15) is 9.79 Å². The van der Waals surface area contributed by atoms with Gasteiger partial charge >= 0.3 is 0 Å². The van der Waals surface area contributed by atoms with Crippen LogP contribution in [-0.2, 0) is 20.2 Å². The molecule has 4 aromatic carbocycles. The summed E-state index contributed by atoms with van der Waals surface area (Å²) in [6.07, 6.45) is 0. The third-order valence-corrected chi connectivity index (χ3v) is 9.11. The third kappa shape index (κ3) is 6.76. The van der Waals surface area contributed by atoms with Gasteiger partial charge in [-0.1, -0.05) is 48.5 Å². The SMILES string of the molecule is Cc1nn(-c2ccccc2)c(O)c1N=Nc1ccc(-c2ccc(N=Nc3c(C)nn(-c4ccccc4)c3O)cc2S(=O)(=O)O)c(S(=O)(=O)O)c1. The Labute approximate surface area is 284 Å². The van der Waals surface area contributed by atoms with Gasteiger partial charge in [-0.3, -0.25) is 9.11 Å². The van der Waals surface area contributed by atoms with Crippen LogP contribution in [0.2, 0.25) is 0 Å². The summed E-state index contributed by atoms with van der Waals surface area (Å²) in [4.78, 5) is -1.49. The maximum atomic E-state index is 12.5. The minimum absolute atomic E-state index is 0.000624. The van der Waals surface area contributed by atoms with E-state index in [2.05, 4.69) is 30.7 Å². The molecule has 0 radical (unpaired) electrons. The minimum Gasteiger partial charge on any atom is -0.492 e. The summed E-state index contributed by atoms with van der Waals surface area (Å²) in [6, 6.07) is 24.3. The topological polar surface area (TPSA) is 234 Å². The highest BCUT2D eigenvalue weighted by atomic mass is 32.2. The van der Waals surface area contributed by atoms with Gasteiger partial charge in [0.2, 0.25) is 11.8 Å². The van der Waals surface area contributed by atoms with E-state index in [1.807, 2.05) is 0 Å². The molecule has 4 N–H and O–H groups in total. The molecule has 0 aliphatic carbocycles. The summed E-state index contributed by atoms with van der Waals surface area (Å²) >= 11 is 0. The Morgan fingerprint density at radius 2 is 0.900 bits per heavy atom. The van der Waals surface area contributed by atoms with Gasteiger partial charge in [0.05, 0.1) is 34.1 Å². The van der Waals surface area contributed by atoms with E-state index in [1.54, 1.807) is 74.5 Å². The van der Waals surface area contributed by atoms with E-state index in [4.69, 9.17) is 0 Å². The van der Waals surface area contributed by atoms with Crippen LogP contribution in [0, 0.1) is 13.8 Å². The molecule has 18 heteroatoms. The van der Waals surface area contributed by atoms with Crippen LogP contribution < -0.4 is 0 Å². The number of nitrogens with zero attached hydrogens (tertiary/aromatic N) is 8. The van der Waals surface area contributed by atoms with Crippen LogP contribution in [0.1, 0.15) is 11.4 Å². The van der Waals surface area contributed by atoms with Gasteiger partial charge < -0.3 is 10.2 Å². The zero-order valence-electron chi connectivity index (χ0n) is 26.1. The van der Waals surface area contributed by atoms with Crippen molar-refractivity contribution in [3.05, 3.63) is 108 Å². The fraction of sp³-hybridized carbons (Fsp3) is 0.0625. The Hall–Kier alpha value is -6.08. The van der Waals surface area contributed by atoms with Gasteiger partial charge in [0, 0.05) is 11.1 Å². The first-order chi connectivity index (χ1) is 23.7. The molecule has 0 fully saturated rings. The summed E-state index contributed by atoms with van der Waals surface area (Å²) in [5, 5.41) is 46.0. The molecular weight excluding hydrogens is 689 g/mol. The number of benzene rings is 4. The molecule has 6 aromatic rings. The van der Waals surface area contributed by atoms with Crippen LogP contribution in [0.25, 0.3) is 22.5 Å². The number of azo groups is 2. The van der Waals surface area contributed by atoms with Crippen molar-refractivity contribution in [3.63, 3.8) is 0 Å². The van der Waals surface area contributed by atoms with Crippen molar-refractivity contribution in [2.75, 3.05) is 0 Å². The van der Waals surface area contributed by atoms with E-state index in [9.17, 15) is 36.2 Å². The molecule has 6 rings (SSSR count). The first-order valence-electron chi connectivity index (χ1n) is 14.5. The molecule has 0 aliphatic rings. The normalized spacial score (nSPS) is 12.3. The summed E-state index contributed by atoms with van der Waals surface area (Å²) in [5.74, 6) is -0.649. The average molecular weight is 715 g/mol. The minimum atomic E-state index is -5.01. The number of aryl methyl sites for hydroxylation is 2. The lowest BCUT2D eigenvalue weighted by Crippen LogP contribution is -2.05. The number of aromatic nitrogens is 4. The second-order valence-electron chi connectivity index (χ2n) is 10.7. The van der Waals surface area contributed by atoms with Crippen molar-refractivity contribution < 1.29 is 36.2 Å².